The lowest BCUT2D eigenvalue weighted by Gasteiger charge is -2.22. The van der Waals surface area contributed by atoms with Gasteiger partial charge in [-0.25, -0.2) is 0 Å². The second-order valence-corrected chi connectivity index (χ2v) is 2.61. The number of nitrogens with one attached hydrogen (secondary N) is 1. The SMILES string of the molecule is CC.CC(=O)NC1CCCOC1. The summed E-state index contributed by atoms with van der Waals surface area (Å²) in [7, 11) is 0. The smallest absolute Gasteiger partial charge is 0.217 e. The molecule has 1 amide bonds. The lowest BCUT2D eigenvalue weighted by molar-refractivity contribution is -0.120. The van der Waals surface area contributed by atoms with Gasteiger partial charge in [0.25, 0.3) is 0 Å². The molecule has 0 bridgehead atoms. The van der Waals surface area contributed by atoms with E-state index in [2.05, 4.69) is 5.32 Å². The summed E-state index contributed by atoms with van der Waals surface area (Å²) in [6.45, 7) is 7.06. The van der Waals surface area contributed by atoms with Gasteiger partial charge in [-0.15, -0.1) is 0 Å². The number of amides is 1. The fourth-order valence-electron chi connectivity index (χ4n) is 1.14. The van der Waals surface area contributed by atoms with E-state index in [4.69, 9.17) is 4.74 Å². The van der Waals surface area contributed by atoms with Crippen LogP contribution in [0.1, 0.15) is 33.6 Å². The molecule has 1 saturated heterocycles. The first kappa shape index (κ1) is 11.4. The van der Waals surface area contributed by atoms with Crippen LogP contribution in [0.4, 0.5) is 0 Å². The van der Waals surface area contributed by atoms with Gasteiger partial charge in [0.05, 0.1) is 12.6 Å². The van der Waals surface area contributed by atoms with Crippen molar-refractivity contribution in [3.05, 3.63) is 0 Å². The van der Waals surface area contributed by atoms with Crippen molar-refractivity contribution >= 4 is 5.91 Å². The molecular weight excluding hydrogens is 154 g/mol. The largest absolute Gasteiger partial charge is 0.379 e. The summed E-state index contributed by atoms with van der Waals surface area (Å²) in [6, 6.07) is 0.256. The third-order valence-corrected chi connectivity index (χ3v) is 1.57. The van der Waals surface area contributed by atoms with Crippen molar-refractivity contribution in [3.63, 3.8) is 0 Å². The Kier molecular flexibility index (Phi) is 6.76. The van der Waals surface area contributed by atoms with Crippen LogP contribution in [-0.4, -0.2) is 25.2 Å². The molecule has 1 atom stereocenters. The zero-order chi connectivity index (χ0) is 9.40. The van der Waals surface area contributed by atoms with E-state index in [0.29, 0.717) is 6.61 Å². The molecule has 0 aromatic heterocycles. The molecule has 12 heavy (non-hydrogen) atoms. The van der Waals surface area contributed by atoms with Crippen molar-refractivity contribution in [1.82, 2.24) is 5.32 Å². The first-order valence-corrected chi connectivity index (χ1v) is 4.64. The minimum absolute atomic E-state index is 0.0375. The van der Waals surface area contributed by atoms with E-state index >= 15 is 0 Å². The molecule has 0 aliphatic carbocycles. The van der Waals surface area contributed by atoms with Crippen molar-refractivity contribution in [2.75, 3.05) is 13.2 Å². The summed E-state index contributed by atoms with van der Waals surface area (Å²) < 4.78 is 5.17. The summed E-state index contributed by atoms with van der Waals surface area (Å²) in [5.41, 5.74) is 0. The van der Waals surface area contributed by atoms with E-state index in [-0.39, 0.29) is 11.9 Å². The van der Waals surface area contributed by atoms with Crippen LogP contribution in [0.25, 0.3) is 0 Å². The molecule has 1 unspecified atom stereocenters. The highest BCUT2D eigenvalue weighted by Crippen LogP contribution is 2.04. The normalized spacial score (nSPS) is 22.1. The Morgan fingerprint density at radius 1 is 1.50 bits per heavy atom. The van der Waals surface area contributed by atoms with Crippen molar-refractivity contribution < 1.29 is 9.53 Å². The van der Waals surface area contributed by atoms with E-state index in [1.807, 2.05) is 13.8 Å². The molecule has 72 valence electrons. The van der Waals surface area contributed by atoms with Crippen LogP contribution < -0.4 is 5.32 Å². The predicted octanol–water partition coefficient (Wildman–Crippen LogP) is 1.33. The molecule has 1 aliphatic heterocycles. The van der Waals surface area contributed by atoms with Crippen molar-refractivity contribution in [3.8, 4) is 0 Å². The summed E-state index contributed by atoms with van der Waals surface area (Å²) >= 11 is 0. The van der Waals surface area contributed by atoms with Gasteiger partial charge in [-0.1, -0.05) is 13.8 Å². The number of carbonyl (C=O) groups excluding carboxylic acids is 1. The maximum Gasteiger partial charge on any atom is 0.217 e. The van der Waals surface area contributed by atoms with Gasteiger partial charge in [-0.05, 0) is 12.8 Å². The average molecular weight is 173 g/mol. The Morgan fingerprint density at radius 2 is 2.17 bits per heavy atom. The Morgan fingerprint density at radius 3 is 2.58 bits per heavy atom. The first-order chi connectivity index (χ1) is 5.79. The standard InChI is InChI=1S/C7H13NO2.C2H6/c1-6(9)8-7-3-2-4-10-5-7;1-2/h7H,2-5H2,1H3,(H,8,9);1-2H3. The summed E-state index contributed by atoms with van der Waals surface area (Å²) in [6.07, 6.45) is 2.12. The number of rotatable bonds is 1. The molecule has 0 radical (unpaired) electrons. The van der Waals surface area contributed by atoms with Crippen molar-refractivity contribution in [1.29, 1.82) is 0 Å². The fraction of sp³-hybridized carbons (Fsp3) is 0.889. The summed E-state index contributed by atoms with van der Waals surface area (Å²) in [4.78, 5) is 10.5. The highest BCUT2D eigenvalue weighted by Gasteiger charge is 2.13. The van der Waals surface area contributed by atoms with Crippen LogP contribution >= 0.6 is 0 Å². The van der Waals surface area contributed by atoms with Gasteiger partial charge in [-0.2, -0.15) is 0 Å². The van der Waals surface area contributed by atoms with Crippen LogP contribution in [0.3, 0.4) is 0 Å². The molecule has 1 aliphatic rings. The molecule has 1 N–H and O–H groups in total. The maximum atomic E-state index is 10.5. The summed E-state index contributed by atoms with van der Waals surface area (Å²) in [5.74, 6) is 0.0375. The van der Waals surface area contributed by atoms with Gasteiger partial charge in [0.2, 0.25) is 5.91 Å². The lowest BCUT2D eigenvalue weighted by atomic mass is 10.1. The van der Waals surface area contributed by atoms with Gasteiger partial charge in [0.15, 0.2) is 0 Å². The molecule has 0 spiro atoms. The van der Waals surface area contributed by atoms with E-state index in [1.54, 1.807) is 0 Å². The Labute approximate surface area is 74.5 Å². The van der Waals surface area contributed by atoms with Crippen LogP contribution in [0.5, 0.6) is 0 Å². The molecular formula is C9H19NO2. The predicted molar refractivity (Wildman–Crippen MR) is 49.0 cm³/mol. The zero-order valence-corrected chi connectivity index (χ0v) is 8.22. The second kappa shape index (κ2) is 7.10. The van der Waals surface area contributed by atoms with Gasteiger partial charge < -0.3 is 10.1 Å². The molecule has 1 rings (SSSR count). The van der Waals surface area contributed by atoms with E-state index in [9.17, 15) is 4.79 Å². The Bertz CT molecular complexity index is 120. The van der Waals surface area contributed by atoms with Gasteiger partial charge in [0.1, 0.15) is 0 Å². The molecule has 3 heteroatoms. The molecule has 1 heterocycles. The molecule has 0 saturated carbocycles. The third-order valence-electron chi connectivity index (χ3n) is 1.57. The molecule has 0 aromatic carbocycles. The number of carbonyl (C=O) groups is 1. The van der Waals surface area contributed by atoms with Crippen LogP contribution in [0.15, 0.2) is 0 Å². The number of ether oxygens (including phenoxy) is 1. The summed E-state index contributed by atoms with van der Waals surface area (Å²) in [5, 5.41) is 2.82. The van der Waals surface area contributed by atoms with Gasteiger partial charge in [0, 0.05) is 13.5 Å². The van der Waals surface area contributed by atoms with E-state index in [0.717, 1.165) is 19.4 Å². The Hall–Kier alpha value is -0.570. The maximum absolute atomic E-state index is 10.5. The monoisotopic (exact) mass is 173 g/mol. The minimum atomic E-state index is 0.0375. The van der Waals surface area contributed by atoms with Gasteiger partial charge in [-0.3, -0.25) is 4.79 Å². The highest BCUT2D eigenvalue weighted by molar-refractivity contribution is 5.73. The zero-order valence-electron chi connectivity index (χ0n) is 8.22. The van der Waals surface area contributed by atoms with Gasteiger partial charge >= 0.3 is 0 Å². The van der Waals surface area contributed by atoms with E-state index in [1.165, 1.54) is 6.92 Å². The quantitative estimate of drug-likeness (QED) is 0.649. The van der Waals surface area contributed by atoms with E-state index < -0.39 is 0 Å². The second-order valence-electron chi connectivity index (χ2n) is 2.61. The molecule has 1 fully saturated rings. The highest BCUT2D eigenvalue weighted by atomic mass is 16.5. The topological polar surface area (TPSA) is 38.3 Å². The van der Waals surface area contributed by atoms with Crippen LogP contribution in [0, 0.1) is 0 Å². The fourth-order valence-corrected chi connectivity index (χ4v) is 1.14. The molecule has 0 aromatic rings. The van der Waals surface area contributed by atoms with Crippen molar-refractivity contribution in [2.24, 2.45) is 0 Å². The number of hydrogen-bond donors (Lipinski definition) is 1. The average Bonchev–Trinajstić information content (AvgIpc) is 2.08. The Balaban J connectivity index is 0.000000561. The molecule has 3 nitrogen and oxygen atoms in total. The lowest BCUT2D eigenvalue weighted by Crippen LogP contribution is -2.39. The number of hydrogen-bond acceptors (Lipinski definition) is 2. The minimum Gasteiger partial charge on any atom is -0.379 e. The van der Waals surface area contributed by atoms with Crippen molar-refractivity contribution in [2.45, 2.75) is 39.7 Å². The first-order valence-electron chi connectivity index (χ1n) is 4.64. The van der Waals surface area contributed by atoms with Crippen LogP contribution in [-0.2, 0) is 9.53 Å². The van der Waals surface area contributed by atoms with Crippen LogP contribution in [0.2, 0.25) is 0 Å². The third kappa shape index (κ3) is 5.13.